The second-order valence-electron chi connectivity index (χ2n) is 7.66. The maximum atomic E-state index is 13.7. The van der Waals surface area contributed by atoms with Crippen LogP contribution in [0.3, 0.4) is 0 Å². The first-order valence-corrected chi connectivity index (χ1v) is 10.7. The number of H-pyrrole nitrogens is 1. The third kappa shape index (κ3) is 3.35. The molecule has 0 spiro atoms. The van der Waals surface area contributed by atoms with Crippen molar-refractivity contribution in [2.24, 2.45) is 0 Å². The van der Waals surface area contributed by atoms with Crippen LogP contribution in [0.2, 0.25) is 5.02 Å². The highest BCUT2D eigenvalue weighted by Crippen LogP contribution is 2.35. The summed E-state index contributed by atoms with van der Waals surface area (Å²) in [5.41, 5.74) is 3.80. The minimum atomic E-state index is -0.542. The van der Waals surface area contributed by atoms with Crippen molar-refractivity contribution in [3.8, 4) is 22.5 Å². The Hall–Kier alpha value is -4.31. The number of carbonyl (C=O) groups is 1. The largest absolute Gasteiger partial charge is 0.447 e. The van der Waals surface area contributed by atoms with E-state index in [9.17, 15) is 9.18 Å². The molecule has 34 heavy (non-hydrogen) atoms. The number of cyclic esters (lactones) is 1. The van der Waals surface area contributed by atoms with Crippen molar-refractivity contribution in [3.05, 3.63) is 83.7 Å². The highest BCUT2D eigenvalue weighted by Gasteiger charge is 2.37. The number of carbonyl (C=O) groups excluding carboxylic acids is 1. The number of rotatable bonds is 4. The summed E-state index contributed by atoms with van der Waals surface area (Å²) in [7, 11) is 0. The first-order chi connectivity index (χ1) is 16.6. The Bertz CT molecular complexity index is 1520. The summed E-state index contributed by atoms with van der Waals surface area (Å²) in [4.78, 5) is 22.9. The average molecular weight is 476 g/mol. The van der Waals surface area contributed by atoms with Gasteiger partial charge in [0, 0.05) is 17.3 Å². The molecule has 0 saturated carbocycles. The van der Waals surface area contributed by atoms with Crippen LogP contribution in [0.15, 0.2) is 67.3 Å². The summed E-state index contributed by atoms with van der Waals surface area (Å²) < 4.78 is 20.6. The molecule has 0 radical (unpaired) electrons. The minimum absolute atomic E-state index is 0.0212. The van der Waals surface area contributed by atoms with Crippen molar-refractivity contribution >= 4 is 29.2 Å². The molecule has 6 rings (SSSR count). The van der Waals surface area contributed by atoms with Gasteiger partial charge in [0.1, 0.15) is 30.6 Å². The smallest absolute Gasteiger partial charge is 0.416 e. The monoisotopic (exact) mass is 475 g/mol. The normalized spacial score (nSPS) is 15.8. The van der Waals surface area contributed by atoms with Gasteiger partial charge >= 0.3 is 6.09 Å². The summed E-state index contributed by atoms with van der Waals surface area (Å²) in [6.07, 6.45) is 4.36. The number of halogens is 2. The van der Waals surface area contributed by atoms with Crippen LogP contribution >= 0.6 is 11.6 Å². The van der Waals surface area contributed by atoms with Crippen LogP contribution in [-0.2, 0) is 4.74 Å². The van der Waals surface area contributed by atoms with Crippen LogP contribution in [0.25, 0.3) is 28.2 Å². The highest BCUT2D eigenvalue weighted by molar-refractivity contribution is 6.30. The molecule has 1 fully saturated rings. The maximum Gasteiger partial charge on any atom is 0.416 e. The summed E-state index contributed by atoms with van der Waals surface area (Å²) >= 11 is 5.96. The van der Waals surface area contributed by atoms with Gasteiger partial charge in [0.05, 0.1) is 11.2 Å². The van der Waals surface area contributed by atoms with E-state index in [-0.39, 0.29) is 11.6 Å². The quantitative estimate of drug-likeness (QED) is 0.405. The molecule has 4 heterocycles. The van der Waals surface area contributed by atoms with Crippen molar-refractivity contribution < 1.29 is 13.9 Å². The molecule has 3 aromatic heterocycles. The predicted octanol–water partition coefficient (Wildman–Crippen LogP) is 4.67. The number of anilines is 1. The van der Waals surface area contributed by atoms with Crippen LogP contribution < -0.4 is 4.90 Å². The molecule has 1 N–H and O–H groups in total. The third-order valence-electron chi connectivity index (χ3n) is 5.69. The molecule has 1 atom stereocenters. The first kappa shape index (κ1) is 20.3. The topological polar surface area (TPSA) is 101 Å². The van der Waals surface area contributed by atoms with Gasteiger partial charge in [0.2, 0.25) is 0 Å². The average Bonchev–Trinajstić information content (AvgIpc) is 3.60. The van der Waals surface area contributed by atoms with Crippen molar-refractivity contribution in [3.63, 3.8) is 0 Å². The molecular formula is C23H15ClFN7O2. The molecule has 168 valence electrons. The van der Waals surface area contributed by atoms with Crippen molar-refractivity contribution in [1.82, 2.24) is 29.8 Å². The van der Waals surface area contributed by atoms with Gasteiger partial charge in [-0.25, -0.2) is 23.7 Å². The fourth-order valence-electron chi connectivity index (χ4n) is 3.99. The summed E-state index contributed by atoms with van der Waals surface area (Å²) in [5, 5.41) is 11.1. The van der Waals surface area contributed by atoms with Gasteiger partial charge in [-0.2, -0.15) is 10.2 Å². The van der Waals surface area contributed by atoms with Crippen LogP contribution in [0.4, 0.5) is 15.0 Å². The van der Waals surface area contributed by atoms with Crippen LogP contribution in [0.1, 0.15) is 11.6 Å². The maximum absolute atomic E-state index is 13.7. The first-order valence-electron chi connectivity index (χ1n) is 10.3. The molecule has 1 unspecified atom stereocenters. The van der Waals surface area contributed by atoms with E-state index in [1.165, 1.54) is 23.4 Å². The number of ether oxygens (including phenoxy) is 1. The van der Waals surface area contributed by atoms with Crippen LogP contribution in [-0.4, -0.2) is 42.5 Å². The number of aromatic amines is 1. The zero-order chi connectivity index (χ0) is 23.2. The van der Waals surface area contributed by atoms with Gasteiger partial charge in [0.25, 0.3) is 0 Å². The number of benzene rings is 2. The van der Waals surface area contributed by atoms with Crippen molar-refractivity contribution in [2.45, 2.75) is 6.04 Å². The highest BCUT2D eigenvalue weighted by atomic mass is 35.5. The lowest BCUT2D eigenvalue weighted by molar-refractivity contribution is 0.179. The second kappa shape index (κ2) is 7.92. The number of amides is 1. The Labute approximate surface area is 196 Å². The van der Waals surface area contributed by atoms with Gasteiger partial charge in [-0.05, 0) is 29.3 Å². The zero-order valence-corrected chi connectivity index (χ0v) is 18.1. The van der Waals surface area contributed by atoms with Crippen molar-refractivity contribution in [2.75, 3.05) is 11.5 Å². The number of nitrogens with zero attached hydrogens (tertiary/aromatic N) is 6. The zero-order valence-electron chi connectivity index (χ0n) is 17.4. The van der Waals surface area contributed by atoms with E-state index in [1.807, 2.05) is 24.3 Å². The van der Waals surface area contributed by atoms with Crippen LogP contribution in [0.5, 0.6) is 0 Å². The van der Waals surface area contributed by atoms with E-state index < -0.39 is 18.0 Å². The molecule has 9 nitrogen and oxygen atoms in total. The molecule has 11 heteroatoms. The van der Waals surface area contributed by atoms with E-state index in [0.29, 0.717) is 22.9 Å². The summed E-state index contributed by atoms with van der Waals surface area (Å²) in [5.74, 6) is 0.534. The van der Waals surface area contributed by atoms with E-state index in [0.717, 1.165) is 16.7 Å². The lowest BCUT2D eigenvalue weighted by Crippen LogP contribution is -2.28. The fourth-order valence-corrected chi connectivity index (χ4v) is 4.18. The molecule has 2 aromatic carbocycles. The number of hydrogen-bond acceptors (Lipinski definition) is 6. The SMILES string of the molecule is O=C1OCC(c2ccc(F)c(Cl)c2)N1c1ccn2ncc(-c3ccc(-c4ncn[nH]4)cc3)c2n1. The molecule has 1 aliphatic heterocycles. The van der Waals surface area contributed by atoms with Gasteiger partial charge < -0.3 is 4.74 Å². The summed E-state index contributed by atoms with van der Waals surface area (Å²) in [6, 6.07) is 13.3. The predicted molar refractivity (Wildman–Crippen MR) is 122 cm³/mol. The van der Waals surface area contributed by atoms with E-state index in [1.54, 1.807) is 29.0 Å². The van der Waals surface area contributed by atoms with Gasteiger partial charge in [-0.1, -0.05) is 41.9 Å². The van der Waals surface area contributed by atoms with Gasteiger partial charge in [-0.15, -0.1) is 0 Å². The molecule has 0 bridgehead atoms. The minimum Gasteiger partial charge on any atom is -0.447 e. The molecular weight excluding hydrogens is 461 g/mol. The van der Waals surface area contributed by atoms with E-state index in [4.69, 9.17) is 21.3 Å². The standard InChI is InChI=1S/C23H15ClFN7O2/c24-17-9-15(5-6-18(17)25)19-11-34-23(33)32(19)20-7-8-31-22(29-20)16(10-28-31)13-1-3-14(4-2-13)21-26-12-27-30-21/h1-10,12,19H,11H2,(H,26,27,30). The number of nitrogens with one attached hydrogen (secondary N) is 1. The Kier molecular flexibility index (Phi) is 4.73. The number of hydrogen-bond donors (Lipinski definition) is 1. The molecule has 1 saturated heterocycles. The van der Waals surface area contributed by atoms with Crippen molar-refractivity contribution in [1.29, 1.82) is 0 Å². The molecule has 1 aliphatic rings. The number of fused-ring (bicyclic) bond motifs is 1. The molecule has 5 aromatic rings. The van der Waals surface area contributed by atoms with Gasteiger partial charge in [0.15, 0.2) is 11.5 Å². The Morgan fingerprint density at radius 1 is 1.12 bits per heavy atom. The van der Waals surface area contributed by atoms with E-state index >= 15 is 0 Å². The Balaban J connectivity index is 1.38. The second-order valence-corrected chi connectivity index (χ2v) is 8.07. The van der Waals surface area contributed by atoms with Gasteiger partial charge in [-0.3, -0.25) is 10.00 Å². The Morgan fingerprint density at radius 3 is 2.71 bits per heavy atom. The molecule has 1 amide bonds. The lowest BCUT2D eigenvalue weighted by Gasteiger charge is -2.21. The van der Waals surface area contributed by atoms with E-state index in [2.05, 4.69) is 20.3 Å². The molecule has 0 aliphatic carbocycles. The fraction of sp³-hybridized carbons (Fsp3) is 0.0870. The Morgan fingerprint density at radius 2 is 1.94 bits per heavy atom. The third-order valence-corrected chi connectivity index (χ3v) is 5.98. The number of aromatic nitrogens is 6. The summed E-state index contributed by atoms with van der Waals surface area (Å²) in [6.45, 7) is 0.100. The van der Waals surface area contributed by atoms with Crippen LogP contribution in [0, 0.1) is 5.82 Å². The lowest BCUT2D eigenvalue weighted by atomic mass is 10.1.